The van der Waals surface area contributed by atoms with Crippen molar-refractivity contribution in [3.05, 3.63) is 94.5 Å². The number of aliphatic imine (C=N–C) groups is 1. The molecule has 0 unspecified atom stereocenters. The van der Waals surface area contributed by atoms with Crippen LogP contribution in [0.3, 0.4) is 0 Å². The molecule has 0 spiro atoms. The molecule has 0 radical (unpaired) electrons. The van der Waals surface area contributed by atoms with Gasteiger partial charge in [0, 0.05) is 36.7 Å². The zero-order chi connectivity index (χ0) is 30.7. The van der Waals surface area contributed by atoms with Crippen LogP contribution in [0.5, 0.6) is 34.8 Å². The Morgan fingerprint density at radius 1 is 1.09 bits per heavy atom. The monoisotopic (exact) mass is 589 g/mol. The molecule has 13 heteroatoms. The van der Waals surface area contributed by atoms with E-state index in [9.17, 15) is 9.90 Å². The Morgan fingerprint density at radius 2 is 1.86 bits per heavy atom. The summed E-state index contributed by atoms with van der Waals surface area (Å²) in [6.07, 6.45) is 2.79. The fourth-order valence-electron chi connectivity index (χ4n) is 4.25. The van der Waals surface area contributed by atoms with E-state index >= 15 is 8.78 Å². The number of benzene rings is 2. The fourth-order valence-corrected chi connectivity index (χ4v) is 4.25. The van der Waals surface area contributed by atoms with Gasteiger partial charge in [-0.3, -0.25) is 10.4 Å². The van der Waals surface area contributed by atoms with E-state index in [-0.39, 0.29) is 46.4 Å². The van der Waals surface area contributed by atoms with Gasteiger partial charge >= 0.3 is 0 Å². The predicted octanol–water partition coefficient (Wildman–Crippen LogP) is 4.58. The van der Waals surface area contributed by atoms with Gasteiger partial charge < -0.3 is 34.7 Å². The van der Waals surface area contributed by atoms with Crippen LogP contribution >= 0.6 is 0 Å². The average Bonchev–Trinajstić information content (AvgIpc) is 3.44. The van der Waals surface area contributed by atoms with E-state index < -0.39 is 34.9 Å². The second-order valence-electron chi connectivity index (χ2n) is 9.35. The average molecular weight is 590 g/mol. The number of aromatic hydroxyl groups is 1. The van der Waals surface area contributed by atoms with Gasteiger partial charge in [0.2, 0.25) is 17.4 Å². The lowest BCUT2D eigenvalue weighted by molar-refractivity contribution is 0.248. The molecule has 43 heavy (non-hydrogen) atoms. The van der Waals surface area contributed by atoms with Crippen LogP contribution in [0.15, 0.2) is 76.7 Å². The minimum atomic E-state index is -1.37. The smallest absolute Gasteiger partial charge is 0.263 e. The van der Waals surface area contributed by atoms with Crippen LogP contribution in [0.25, 0.3) is 0 Å². The molecule has 4 N–H and O–H groups in total. The van der Waals surface area contributed by atoms with E-state index in [4.69, 9.17) is 30.1 Å². The van der Waals surface area contributed by atoms with Crippen molar-refractivity contribution in [2.24, 2.45) is 10.7 Å². The molecule has 2 aliphatic rings. The van der Waals surface area contributed by atoms with Crippen molar-refractivity contribution >= 4 is 17.6 Å². The minimum absolute atomic E-state index is 0.0195. The zero-order valence-corrected chi connectivity index (χ0v) is 23.0. The van der Waals surface area contributed by atoms with Gasteiger partial charge in [-0.1, -0.05) is 12.1 Å². The molecule has 2 aromatic carbocycles. The number of hydrogen-bond donors (Lipinski definition) is 3. The van der Waals surface area contributed by atoms with Gasteiger partial charge in [0.05, 0.1) is 13.7 Å². The van der Waals surface area contributed by atoms with E-state index in [1.165, 1.54) is 37.5 Å². The lowest BCUT2D eigenvalue weighted by atomic mass is 10.1. The Balaban J connectivity index is 1.58. The summed E-state index contributed by atoms with van der Waals surface area (Å²) >= 11 is 0. The maximum absolute atomic E-state index is 15.9. The summed E-state index contributed by atoms with van der Waals surface area (Å²) < 4.78 is 53.9. The predicted molar refractivity (Wildman–Crippen MR) is 152 cm³/mol. The maximum atomic E-state index is 15.9. The number of ether oxygens (including phenoxy) is 4. The van der Waals surface area contributed by atoms with Crippen molar-refractivity contribution in [2.75, 3.05) is 27.2 Å². The fraction of sp³-hybridized carbons (Fsp3) is 0.167. The lowest BCUT2D eigenvalue weighted by Gasteiger charge is -2.19. The van der Waals surface area contributed by atoms with Gasteiger partial charge in [0.15, 0.2) is 23.0 Å². The number of nitrogen functional groups attached to an aromatic ring is 1. The molecule has 1 aliphatic carbocycles. The van der Waals surface area contributed by atoms with E-state index in [0.29, 0.717) is 12.1 Å². The van der Waals surface area contributed by atoms with Crippen LogP contribution in [0.1, 0.15) is 17.5 Å². The Labute approximate surface area is 244 Å². The number of amidine groups is 2. The van der Waals surface area contributed by atoms with Crippen molar-refractivity contribution in [1.82, 2.24) is 9.88 Å². The number of phenols is 1. The van der Waals surface area contributed by atoms with Crippen LogP contribution in [-0.2, 0) is 9.53 Å². The highest BCUT2D eigenvalue weighted by atomic mass is 19.1. The van der Waals surface area contributed by atoms with E-state index in [1.807, 2.05) is 18.0 Å². The molecule has 1 aliphatic heterocycles. The molecule has 3 aromatic rings. The molecule has 2 heterocycles. The Kier molecular flexibility index (Phi) is 8.08. The number of nitrogens with zero attached hydrogens (tertiary/aromatic N) is 3. The normalized spacial score (nSPS) is 14.4. The summed E-state index contributed by atoms with van der Waals surface area (Å²) in [5, 5.41) is 18.0. The molecule has 11 nitrogen and oxygen atoms in total. The zero-order valence-electron chi connectivity index (χ0n) is 23.0. The minimum Gasteiger partial charge on any atom is -0.504 e. The number of phenolic OH excluding ortho intramolecular Hbond substituents is 1. The molecule has 0 saturated heterocycles. The number of aromatic nitrogens is 1. The van der Waals surface area contributed by atoms with Gasteiger partial charge in [-0.25, -0.2) is 4.79 Å². The van der Waals surface area contributed by atoms with Gasteiger partial charge in [-0.2, -0.15) is 13.8 Å². The van der Waals surface area contributed by atoms with Crippen LogP contribution in [-0.4, -0.2) is 59.8 Å². The molecular formula is C30H25F2N5O6. The summed E-state index contributed by atoms with van der Waals surface area (Å²) in [4.78, 5) is 21.4. The van der Waals surface area contributed by atoms with E-state index in [1.54, 1.807) is 24.1 Å². The first-order valence-electron chi connectivity index (χ1n) is 12.8. The summed E-state index contributed by atoms with van der Waals surface area (Å²) in [7, 11) is 3.18. The Bertz CT molecular complexity index is 1760. The number of halogens is 2. The third-order valence-corrected chi connectivity index (χ3v) is 6.44. The van der Waals surface area contributed by atoms with Crippen molar-refractivity contribution in [3.63, 3.8) is 0 Å². The quantitative estimate of drug-likeness (QED) is 0.185. The molecule has 0 saturated carbocycles. The summed E-state index contributed by atoms with van der Waals surface area (Å²) in [6, 6.07) is 10.4. The number of hydrogen-bond acceptors (Lipinski definition) is 10. The van der Waals surface area contributed by atoms with Crippen molar-refractivity contribution in [3.8, 4) is 34.8 Å². The lowest BCUT2D eigenvalue weighted by Crippen LogP contribution is -2.23. The number of methoxy groups -OCH3 is 1. The van der Waals surface area contributed by atoms with Crippen molar-refractivity contribution in [1.29, 1.82) is 5.41 Å². The van der Waals surface area contributed by atoms with Crippen molar-refractivity contribution in [2.45, 2.75) is 6.42 Å². The first kappa shape index (κ1) is 28.8. The molecule has 0 bridgehead atoms. The third-order valence-electron chi connectivity index (χ3n) is 6.44. The van der Waals surface area contributed by atoms with Crippen molar-refractivity contribution < 1.29 is 37.6 Å². The summed E-state index contributed by atoms with van der Waals surface area (Å²) in [5.41, 5.74) is 6.65. The molecule has 220 valence electrons. The SMILES string of the molecule is COC1=CC(=C=O)CC=C1Oc1c(F)c(Oc2cccc(C3=NCCN3C)c2)nc(Oc2cc(C(=N)N)ccc2O)c1F. The largest absolute Gasteiger partial charge is 0.504 e. The number of nitrogens with two attached hydrogens (primary N) is 1. The van der Waals surface area contributed by atoms with Crippen LogP contribution in [0, 0.1) is 17.0 Å². The number of carbonyl (C=O) groups excluding carboxylic acids is 1. The second-order valence-corrected chi connectivity index (χ2v) is 9.35. The highest BCUT2D eigenvalue weighted by molar-refractivity contribution is 6.00. The first-order chi connectivity index (χ1) is 20.7. The van der Waals surface area contributed by atoms with Gasteiger partial charge in [0.25, 0.3) is 11.8 Å². The standard InChI is InChI=1S/C30H25F2N5O6/c1-37-11-10-35-28(37)18-4-3-5-19(13-18)41-29-24(31)26(42-21-9-6-16(15-38)12-23(21)40-2)25(32)30(36-29)43-22-14-17(27(33)34)7-8-20(22)39/h3-5,7-9,12-14,39H,6,10-11H2,1-2H3,(H3,33,34). The number of rotatable bonds is 9. The molecule has 0 atom stereocenters. The summed E-state index contributed by atoms with van der Waals surface area (Å²) in [6.45, 7) is 1.37. The molecule has 5 rings (SSSR count). The van der Waals surface area contributed by atoms with Crippen LogP contribution < -0.4 is 19.9 Å². The van der Waals surface area contributed by atoms with Gasteiger partial charge in [0.1, 0.15) is 23.4 Å². The van der Waals surface area contributed by atoms with Gasteiger partial charge in [-0.05, 0) is 42.5 Å². The summed E-state index contributed by atoms with van der Waals surface area (Å²) in [5.74, 6) is -3.68. The number of nitrogens with one attached hydrogen (secondary N) is 1. The maximum Gasteiger partial charge on any atom is 0.263 e. The van der Waals surface area contributed by atoms with E-state index in [2.05, 4.69) is 9.98 Å². The highest BCUT2D eigenvalue weighted by Gasteiger charge is 2.29. The number of pyridine rings is 1. The molecule has 0 fully saturated rings. The molecular weight excluding hydrogens is 564 g/mol. The number of likely N-dealkylation sites (N-methyl/N-ethyl adjacent to an activating group) is 1. The Morgan fingerprint density at radius 3 is 2.53 bits per heavy atom. The molecule has 0 amide bonds. The van der Waals surface area contributed by atoms with E-state index in [0.717, 1.165) is 12.4 Å². The number of allylic oxidation sites excluding steroid dienone is 3. The van der Waals surface area contributed by atoms with Crippen LogP contribution in [0.2, 0.25) is 0 Å². The topological polar surface area (TPSA) is 153 Å². The van der Waals surface area contributed by atoms with Crippen LogP contribution in [0.4, 0.5) is 8.78 Å². The van der Waals surface area contributed by atoms with Gasteiger partial charge in [-0.15, -0.1) is 0 Å². The molecule has 1 aromatic heterocycles. The Hall–Kier alpha value is -5.68. The first-order valence-corrected chi connectivity index (χ1v) is 12.8. The highest BCUT2D eigenvalue weighted by Crippen LogP contribution is 2.41. The second kappa shape index (κ2) is 12.0. The third kappa shape index (κ3) is 6.02.